The fraction of sp³-hybridized carbons (Fsp3) is 0.160. The largest absolute Gasteiger partial charge is 0.457 e. The van der Waals surface area contributed by atoms with Gasteiger partial charge in [0.15, 0.2) is 5.16 Å². The molecule has 0 aliphatic heterocycles. The standard InChI is InChI=1S/C25H23N3O3S/c1-2-28-24(30)21-10-6-7-11-22(21)27-25(28)32-17-16-23(29)26-18-12-14-20(15-13-18)31-19-8-4-3-5-9-19/h3-15H,2,16-17H2,1H3,(H,26,29). The first-order valence-electron chi connectivity index (χ1n) is 10.4. The van der Waals surface area contributed by atoms with Gasteiger partial charge < -0.3 is 10.1 Å². The van der Waals surface area contributed by atoms with Gasteiger partial charge in [-0.15, -0.1) is 0 Å². The van der Waals surface area contributed by atoms with Crippen LogP contribution in [0.4, 0.5) is 5.69 Å². The molecule has 0 saturated carbocycles. The molecule has 1 N–H and O–H groups in total. The summed E-state index contributed by atoms with van der Waals surface area (Å²) in [5, 5.41) is 4.13. The van der Waals surface area contributed by atoms with Gasteiger partial charge in [-0.2, -0.15) is 0 Å². The first-order valence-corrected chi connectivity index (χ1v) is 11.4. The van der Waals surface area contributed by atoms with E-state index in [0.717, 1.165) is 5.75 Å². The molecular formula is C25H23N3O3S. The van der Waals surface area contributed by atoms with Crippen molar-refractivity contribution in [2.45, 2.75) is 25.0 Å². The number of nitrogens with zero attached hydrogens (tertiary/aromatic N) is 2. The summed E-state index contributed by atoms with van der Waals surface area (Å²) in [4.78, 5) is 29.7. The van der Waals surface area contributed by atoms with E-state index in [1.165, 1.54) is 11.8 Å². The van der Waals surface area contributed by atoms with Gasteiger partial charge in [0.1, 0.15) is 11.5 Å². The third-order valence-corrected chi connectivity index (χ3v) is 5.80. The predicted octanol–water partition coefficient (Wildman–Crippen LogP) is 5.33. The molecule has 32 heavy (non-hydrogen) atoms. The zero-order chi connectivity index (χ0) is 22.3. The number of thioether (sulfide) groups is 1. The van der Waals surface area contributed by atoms with Crippen LogP contribution in [-0.4, -0.2) is 21.2 Å². The molecule has 0 fully saturated rings. The molecular weight excluding hydrogens is 422 g/mol. The number of fused-ring (bicyclic) bond motifs is 1. The van der Waals surface area contributed by atoms with Crippen LogP contribution in [0.1, 0.15) is 13.3 Å². The van der Waals surface area contributed by atoms with Gasteiger partial charge in [0.2, 0.25) is 5.91 Å². The number of carbonyl (C=O) groups is 1. The SMILES string of the molecule is CCn1c(SCCC(=O)Nc2ccc(Oc3ccccc3)cc2)nc2ccccc2c1=O. The number of hydrogen-bond donors (Lipinski definition) is 1. The number of aromatic nitrogens is 2. The van der Waals surface area contributed by atoms with Gasteiger partial charge in [0.05, 0.1) is 10.9 Å². The molecule has 4 aromatic rings. The van der Waals surface area contributed by atoms with E-state index in [2.05, 4.69) is 10.3 Å². The number of nitrogens with one attached hydrogen (secondary N) is 1. The Kier molecular flexibility index (Phi) is 6.87. The maximum absolute atomic E-state index is 12.7. The van der Waals surface area contributed by atoms with Crippen molar-refractivity contribution in [3.63, 3.8) is 0 Å². The molecule has 0 unspecified atom stereocenters. The van der Waals surface area contributed by atoms with Crippen LogP contribution in [0.15, 0.2) is 88.8 Å². The highest BCUT2D eigenvalue weighted by Gasteiger charge is 2.11. The smallest absolute Gasteiger partial charge is 0.262 e. The minimum atomic E-state index is -0.0968. The monoisotopic (exact) mass is 445 g/mol. The van der Waals surface area contributed by atoms with Crippen molar-refractivity contribution in [2.24, 2.45) is 0 Å². The Hall–Kier alpha value is -3.58. The van der Waals surface area contributed by atoms with Crippen LogP contribution in [0.3, 0.4) is 0 Å². The van der Waals surface area contributed by atoms with Gasteiger partial charge in [-0.25, -0.2) is 4.98 Å². The summed E-state index contributed by atoms with van der Waals surface area (Å²) in [5.74, 6) is 1.88. The molecule has 4 rings (SSSR count). The number of rotatable bonds is 8. The van der Waals surface area contributed by atoms with E-state index >= 15 is 0 Å². The van der Waals surface area contributed by atoms with Crippen LogP contribution in [0.25, 0.3) is 10.9 Å². The minimum Gasteiger partial charge on any atom is -0.457 e. The van der Waals surface area contributed by atoms with Gasteiger partial charge in [-0.05, 0) is 55.5 Å². The van der Waals surface area contributed by atoms with E-state index in [1.54, 1.807) is 10.6 Å². The van der Waals surface area contributed by atoms with Crippen molar-refractivity contribution in [3.05, 3.63) is 89.2 Å². The Labute approximate surface area is 190 Å². The molecule has 0 spiro atoms. The van der Waals surface area contributed by atoms with Crippen molar-refractivity contribution in [3.8, 4) is 11.5 Å². The lowest BCUT2D eigenvalue weighted by Crippen LogP contribution is -2.22. The molecule has 0 aliphatic carbocycles. The van der Waals surface area contributed by atoms with Crippen LogP contribution in [0.2, 0.25) is 0 Å². The van der Waals surface area contributed by atoms with Crippen molar-refractivity contribution in [1.29, 1.82) is 0 Å². The highest BCUT2D eigenvalue weighted by molar-refractivity contribution is 7.99. The topological polar surface area (TPSA) is 73.2 Å². The number of amides is 1. The van der Waals surface area contributed by atoms with Crippen LogP contribution in [-0.2, 0) is 11.3 Å². The van der Waals surface area contributed by atoms with Gasteiger partial charge in [0.25, 0.3) is 5.56 Å². The predicted molar refractivity (Wildman–Crippen MR) is 129 cm³/mol. The zero-order valence-corrected chi connectivity index (χ0v) is 18.5. The molecule has 0 aliphatic rings. The maximum atomic E-state index is 12.7. The number of carbonyl (C=O) groups excluding carboxylic acids is 1. The highest BCUT2D eigenvalue weighted by atomic mass is 32.2. The van der Waals surface area contributed by atoms with E-state index in [1.807, 2.05) is 79.7 Å². The number of anilines is 1. The molecule has 0 radical (unpaired) electrons. The third kappa shape index (κ3) is 5.18. The first kappa shape index (κ1) is 21.6. The Bertz CT molecular complexity index is 1270. The maximum Gasteiger partial charge on any atom is 0.262 e. The molecule has 3 aromatic carbocycles. The normalized spacial score (nSPS) is 10.8. The van der Waals surface area contributed by atoms with Crippen LogP contribution >= 0.6 is 11.8 Å². The molecule has 1 heterocycles. The summed E-state index contributed by atoms with van der Waals surface area (Å²) >= 11 is 1.41. The molecule has 0 atom stereocenters. The van der Waals surface area contributed by atoms with Gasteiger partial charge >= 0.3 is 0 Å². The fourth-order valence-corrected chi connectivity index (χ4v) is 4.23. The first-order chi connectivity index (χ1) is 15.6. The summed E-state index contributed by atoms with van der Waals surface area (Å²) in [6.07, 6.45) is 0.305. The molecule has 1 aromatic heterocycles. The molecule has 6 nitrogen and oxygen atoms in total. The van der Waals surface area contributed by atoms with E-state index in [0.29, 0.717) is 46.2 Å². The summed E-state index contributed by atoms with van der Waals surface area (Å²) in [6, 6.07) is 24.1. The second-order valence-electron chi connectivity index (χ2n) is 7.05. The minimum absolute atomic E-state index is 0.0529. The third-order valence-electron chi connectivity index (χ3n) is 4.82. The molecule has 7 heteroatoms. The summed E-state index contributed by atoms with van der Waals surface area (Å²) < 4.78 is 7.41. The number of para-hydroxylation sites is 2. The summed E-state index contributed by atoms with van der Waals surface area (Å²) in [5.41, 5.74) is 1.32. The second-order valence-corrected chi connectivity index (χ2v) is 8.11. The van der Waals surface area contributed by atoms with Crippen LogP contribution in [0.5, 0.6) is 11.5 Å². The van der Waals surface area contributed by atoms with E-state index in [9.17, 15) is 9.59 Å². The highest BCUT2D eigenvalue weighted by Crippen LogP contribution is 2.23. The van der Waals surface area contributed by atoms with E-state index in [-0.39, 0.29) is 11.5 Å². The molecule has 0 saturated heterocycles. The summed E-state index contributed by atoms with van der Waals surface area (Å²) in [6.45, 7) is 2.45. The second kappa shape index (κ2) is 10.2. The van der Waals surface area contributed by atoms with Gasteiger partial charge in [-0.1, -0.05) is 42.1 Å². The van der Waals surface area contributed by atoms with E-state index in [4.69, 9.17) is 4.74 Å². The quantitative estimate of drug-likeness (QED) is 0.293. The van der Waals surface area contributed by atoms with E-state index < -0.39 is 0 Å². The van der Waals surface area contributed by atoms with Crippen LogP contribution in [0, 0.1) is 0 Å². The fourth-order valence-electron chi connectivity index (χ4n) is 3.23. The Morgan fingerprint density at radius 3 is 2.41 bits per heavy atom. The molecule has 162 valence electrons. The Balaban J connectivity index is 1.33. The van der Waals surface area contributed by atoms with Crippen molar-refractivity contribution in [2.75, 3.05) is 11.1 Å². The van der Waals surface area contributed by atoms with Crippen LogP contribution < -0.4 is 15.6 Å². The lowest BCUT2D eigenvalue weighted by atomic mass is 10.2. The van der Waals surface area contributed by atoms with Crippen molar-refractivity contribution >= 4 is 34.3 Å². The molecule has 0 bridgehead atoms. The van der Waals surface area contributed by atoms with Crippen molar-refractivity contribution < 1.29 is 9.53 Å². The zero-order valence-electron chi connectivity index (χ0n) is 17.7. The number of ether oxygens (including phenoxy) is 1. The average molecular weight is 446 g/mol. The van der Waals surface area contributed by atoms with Gasteiger partial charge in [0, 0.05) is 24.4 Å². The molecule has 1 amide bonds. The average Bonchev–Trinajstić information content (AvgIpc) is 2.81. The Morgan fingerprint density at radius 2 is 1.66 bits per heavy atom. The summed E-state index contributed by atoms with van der Waals surface area (Å²) in [7, 11) is 0. The number of hydrogen-bond acceptors (Lipinski definition) is 5. The number of benzene rings is 3. The van der Waals surface area contributed by atoms with Crippen molar-refractivity contribution in [1.82, 2.24) is 9.55 Å². The lowest BCUT2D eigenvalue weighted by Gasteiger charge is -2.11. The van der Waals surface area contributed by atoms with Gasteiger partial charge in [-0.3, -0.25) is 14.2 Å². The Morgan fingerprint density at radius 1 is 0.969 bits per heavy atom. The lowest BCUT2D eigenvalue weighted by molar-refractivity contribution is -0.115.